The van der Waals surface area contributed by atoms with E-state index in [1.54, 1.807) is 11.3 Å². The Labute approximate surface area is 110 Å². The van der Waals surface area contributed by atoms with Gasteiger partial charge in [0, 0.05) is 16.9 Å². The quantitative estimate of drug-likeness (QED) is 0.826. The van der Waals surface area contributed by atoms with E-state index in [-0.39, 0.29) is 0 Å². The lowest BCUT2D eigenvalue weighted by atomic mass is 10.1. The lowest BCUT2D eigenvalue weighted by Gasteiger charge is -2.18. The van der Waals surface area contributed by atoms with E-state index in [0.29, 0.717) is 19.1 Å². The highest BCUT2D eigenvalue weighted by Crippen LogP contribution is 2.35. The first-order valence-corrected chi connectivity index (χ1v) is 6.97. The van der Waals surface area contributed by atoms with Gasteiger partial charge >= 0.3 is 0 Å². The van der Waals surface area contributed by atoms with Gasteiger partial charge in [-0.15, -0.1) is 11.3 Å². The van der Waals surface area contributed by atoms with Gasteiger partial charge in [-0.3, -0.25) is 0 Å². The molecule has 2 aromatic rings. The molecule has 3 rings (SSSR count). The number of fused-ring (bicyclic) bond motifs is 1. The molecular weight excluding hydrogens is 246 g/mol. The van der Waals surface area contributed by atoms with Crippen LogP contribution in [0, 0.1) is 0 Å². The Morgan fingerprint density at radius 2 is 1.94 bits per heavy atom. The molecule has 2 heterocycles. The van der Waals surface area contributed by atoms with E-state index in [4.69, 9.17) is 9.47 Å². The van der Waals surface area contributed by atoms with Crippen molar-refractivity contribution in [2.45, 2.75) is 19.8 Å². The van der Waals surface area contributed by atoms with Crippen molar-refractivity contribution in [2.75, 3.05) is 13.2 Å². The lowest BCUT2D eigenvalue weighted by molar-refractivity contribution is 0.171. The van der Waals surface area contributed by atoms with Crippen molar-refractivity contribution < 1.29 is 9.47 Å². The molecule has 0 amide bonds. The number of aromatic nitrogens is 1. The molecule has 0 spiro atoms. The second-order valence-corrected chi connectivity index (χ2v) is 5.47. The summed E-state index contributed by atoms with van der Waals surface area (Å²) in [7, 11) is 0. The molecule has 0 radical (unpaired) electrons. The second kappa shape index (κ2) is 4.61. The van der Waals surface area contributed by atoms with E-state index < -0.39 is 0 Å². The first-order valence-electron chi connectivity index (χ1n) is 6.09. The minimum absolute atomic E-state index is 0.473. The first kappa shape index (κ1) is 11.5. The van der Waals surface area contributed by atoms with Crippen molar-refractivity contribution in [2.24, 2.45) is 0 Å². The fourth-order valence-electron chi connectivity index (χ4n) is 1.89. The second-order valence-electron chi connectivity index (χ2n) is 4.58. The van der Waals surface area contributed by atoms with E-state index in [1.807, 2.05) is 18.2 Å². The number of hydrogen-bond donors (Lipinski definition) is 0. The summed E-state index contributed by atoms with van der Waals surface area (Å²) in [4.78, 5) is 4.65. The monoisotopic (exact) mass is 261 g/mol. The first-order chi connectivity index (χ1) is 8.74. The Morgan fingerprint density at radius 1 is 1.17 bits per heavy atom. The lowest BCUT2D eigenvalue weighted by Crippen LogP contribution is -2.15. The van der Waals surface area contributed by atoms with Crippen molar-refractivity contribution >= 4 is 11.3 Å². The van der Waals surface area contributed by atoms with Crippen LogP contribution < -0.4 is 9.47 Å². The van der Waals surface area contributed by atoms with Crippen LogP contribution in [0.25, 0.3) is 11.3 Å². The maximum atomic E-state index is 5.59. The summed E-state index contributed by atoms with van der Waals surface area (Å²) in [6.07, 6.45) is 0. The molecule has 0 saturated carbocycles. The molecule has 94 valence electrons. The summed E-state index contributed by atoms with van der Waals surface area (Å²) < 4.78 is 11.1. The summed E-state index contributed by atoms with van der Waals surface area (Å²) in [5.41, 5.74) is 2.10. The third-order valence-corrected chi connectivity index (χ3v) is 4.00. The summed E-state index contributed by atoms with van der Waals surface area (Å²) in [5, 5.41) is 3.26. The van der Waals surface area contributed by atoms with Crippen LogP contribution in [-0.4, -0.2) is 18.2 Å². The highest BCUT2D eigenvalue weighted by molar-refractivity contribution is 7.10. The van der Waals surface area contributed by atoms with E-state index in [2.05, 4.69) is 24.2 Å². The van der Waals surface area contributed by atoms with Gasteiger partial charge in [0.05, 0.1) is 10.7 Å². The van der Waals surface area contributed by atoms with E-state index in [0.717, 1.165) is 22.8 Å². The van der Waals surface area contributed by atoms with Gasteiger partial charge in [0.25, 0.3) is 0 Å². The minimum atomic E-state index is 0.473. The zero-order chi connectivity index (χ0) is 12.5. The zero-order valence-electron chi connectivity index (χ0n) is 10.5. The number of benzene rings is 1. The largest absolute Gasteiger partial charge is 0.486 e. The number of nitrogens with zero attached hydrogens (tertiary/aromatic N) is 1. The number of thiazole rings is 1. The molecule has 0 atom stereocenters. The van der Waals surface area contributed by atoms with Gasteiger partial charge in [-0.25, -0.2) is 4.98 Å². The molecule has 0 aliphatic carbocycles. The van der Waals surface area contributed by atoms with Gasteiger partial charge in [0.2, 0.25) is 0 Å². The van der Waals surface area contributed by atoms with Crippen LogP contribution in [-0.2, 0) is 0 Å². The van der Waals surface area contributed by atoms with Gasteiger partial charge < -0.3 is 9.47 Å². The highest BCUT2D eigenvalue weighted by Gasteiger charge is 2.14. The predicted octanol–water partition coefficient (Wildman–Crippen LogP) is 3.70. The molecule has 0 unspecified atom stereocenters. The zero-order valence-corrected chi connectivity index (χ0v) is 11.3. The van der Waals surface area contributed by atoms with Crippen LogP contribution in [0.3, 0.4) is 0 Å². The summed E-state index contributed by atoms with van der Waals surface area (Å²) in [6.45, 7) is 5.56. The topological polar surface area (TPSA) is 31.4 Å². The summed E-state index contributed by atoms with van der Waals surface area (Å²) in [5.74, 6) is 2.11. The molecule has 0 bridgehead atoms. The van der Waals surface area contributed by atoms with Crippen molar-refractivity contribution in [3.8, 4) is 22.8 Å². The fraction of sp³-hybridized carbons (Fsp3) is 0.357. The Morgan fingerprint density at radius 3 is 2.67 bits per heavy atom. The molecule has 1 aromatic heterocycles. The average Bonchev–Trinajstić information content (AvgIpc) is 2.88. The number of hydrogen-bond acceptors (Lipinski definition) is 4. The smallest absolute Gasteiger partial charge is 0.162 e. The molecule has 3 nitrogen and oxygen atoms in total. The van der Waals surface area contributed by atoms with Crippen molar-refractivity contribution in [1.82, 2.24) is 4.98 Å². The number of rotatable bonds is 2. The maximum absolute atomic E-state index is 5.59. The summed E-state index contributed by atoms with van der Waals surface area (Å²) >= 11 is 1.71. The van der Waals surface area contributed by atoms with Gasteiger partial charge in [-0.1, -0.05) is 13.8 Å². The standard InChI is InChI=1S/C14H15NO2S/c1-9(2)14-15-11(8-18-14)10-3-4-12-13(7-10)17-6-5-16-12/h3-4,7-9H,5-6H2,1-2H3. The van der Waals surface area contributed by atoms with Crippen molar-refractivity contribution in [1.29, 1.82) is 0 Å². The van der Waals surface area contributed by atoms with Gasteiger partial charge in [0.15, 0.2) is 11.5 Å². The highest BCUT2D eigenvalue weighted by atomic mass is 32.1. The molecule has 0 saturated heterocycles. The van der Waals surface area contributed by atoms with Crippen LogP contribution >= 0.6 is 11.3 Å². The van der Waals surface area contributed by atoms with Crippen molar-refractivity contribution in [3.05, 3.63) is 28.6 Å². The Hall–Kier alpha value is -1.55. The van der Waals surface area contributed by atoms with Crippen LogP contribution in [0.4, 0.5) is 0 Å². The third-order valence-electron chi connectivity index (χ3n) is 2.85. The molecule has 1 aliphatic rings. The van der Waals surface area contributed by atoms with E-state index in [1.165, 1.54) is 5.01 Å². The van der Waals surface area contributed by atoms with Crippen molar-refractivity contribution in [3.63, 3.8) is 0 Å². The molecule has 4 heteroatoms. The van der Waals surface area contributed by atoms with Gasteiger partial charge in [-0.05, 0) is 18.2 Å². The third kappa shape index (κ3) is 2.08. The normalized spacial score (nSPS) is 13.9. The molecule has 18 heavy (non-hydrogen) atoms. The SMILES string of the molecule is CC(C)c1nc(-c2ccc3c(c2)OCCO3)cs1. The Kier molecular flexibility index (Phi) is 2.96. The van der Waals surface area contributed by atoms with Gasteiger partial charge in [0.1, 0.15) is 13.2 Å². The predicted molar refractivity (Wildman–Crippen MR) is 72.6 cm³/mol. The molecular formula is C14H15NO2S. The summed E-state index contributed by atoms with van der Waals surface area (Å²) in [6, 6.07) is 6.00. The van der Waals surface area contributed by atoms with E-state index >= 15 is 0 Å². The van der Waals surface area contributed by atoms with Crippen LogP contribution in [0.2, 0.25) is 0 Å². The number of ether oxygens (including phenoxy) is 2. The molecule has 0 fully saturated rings. The molecule has 0 N–H and O–H groups in total. The van der Waals surface area contributed by atoms with Crippen LogP contribution in [0.1, 0.15) is 24.8 Å². The fourth-order valence-corrected chi connectivity index (χ4v) is 2.73. The molecule has 1 aliphatic heterocycles. The van der Waals surface area contributed by atoms with Crippen LogP contribution in [0.5, 0.6) is 11.5 Å². The average molecular weight is 261 g/mol. The minimum Gasteiger partial charge on any atom is -0.486 e. The van der Waals surface area contributed by atoms with Crippen LogP contribution in [0.15, 0.2) is 23.6 Å². The molecule has 1 aromatic carbocycles. The maximum Gasteiger partial charge on any atom is 0.162 e. The Bertz CT molecular complexity index is 563. The Balaban J connectivity index is 1.95. The van der Waals surface area contributed by atoms with E-state index in [9.17, 15) is 0 Å². The van der Waals surface area contributed by atoms with Gasteiger partial charge in [-0.2, -0.15) is 0 Å².